The highest BCUT2D eigenvalue weighted by molar-refractivity contribution is 6.43. The van der Waals surface area contributed by atoms with Gasteiger partial charge in [-0.15, -0.1) is 0 Å². The van der Waals surface area contributed by atoms with Crippen LogP contribution in [0.25, 0.3) is 40.0 Å². The van der Waals surface area contributed by atoms with Crippen molar-refractivity contribution in [3.8, 4) is 22.8 Å². The molecule has 0 aliphatic heterocycles. The largest absolute Gasteiger partial charge is 0.457 e. The number of hydrogen-bond donors (Lipinski definition) is 1. The maximum absolute atomic E-state index is 12.5. The summed E-state index contributed by atoms with van der Waals surface area (Å²) in [5, 5.41) is 4.26. The average Bonchev–Trinajstić information content (AvgIpc) is 3.46. The summed E-state index contributed by atoms with van der Waals surface area (Å²) in [5.74, 6) is 1.17. The Morgan fingerprint density at radius 2 is 1.76 bits per heavy atom. The highest BCUT2D eigenvalue weighted by Gasteiger charge is 2.11. The second-order valence-corrected chi connectivity index (χ2v) is 8.56. The fraction of sp³-hybridized carbons (Fsp3) is 0. The molecule has 34 heavy (non-hydrogen) atoms. The Morgan fingerprint density at radius 1 is 0.912 bits per heavy atom. The molecule has 3 aromatic carbocycles. The smallest absolute Gasteiger partial charge is 0.248 e. The number of nitrogens with one attached hydrogen (secondary N) is 1. The highest BCUT2D eigenvalue weighted by Crippen LogP contribution is 2.34. The van der Waals surface area contributed by atoms with E-state index in [1.54, 1.807) is 60.7 Å². The molecule has 5 rings (SSSR count). The quantitative estimate of drug-likeness (QED) is 0.242. The van der Waals surface area contributed by atoms with E-state index in [1.165, 1.54) is 6.08 Å². The predicted molar refractivity (Wildman–Crippen MR) is 136 cm³/mol. The van der Waals surface area contributed by atoms with Gasteiger partial charge in [-0.05, 0) is 66.7 Å². The van der Waals surface area contributed by atoms with Crippen LogP contribution in [0.4, 0.5) is 5.69 Å². The minimum Gasteiger partial charge on any atom is -0.457 e. The normalized spacial score (nSPS) is 11.4. The number of carbonyl (C=O) groups excluding carboxylic acids is 1. The number of amides is 1. The van der Waals surface area contributed by atoms with E-state index in [0.717, 1.165) is 5.56 Å². The first-order chi connectivity index (χ1) is 16.5. The van der Waals surface area contributed by atoms with Crippen LogP contribution in [0.3, 0.4) is 0 Å². The Kier molecular flexibility index (Phi) is 6.16. The summed E-state index contributed by atoms with van der Waals surface area (Å²) >= 11 is 18.3. The van der Waals surface area contributed by atoms with Gasteiger partial charge in [0.1, 0.15) is 17.0 Å². The molecule has 2 aromatic heterocycles. The van der Waals surface area contributed by atoms with Gasteiger partial charge < -0.3 is 14.2 Å². The monoisotopic (exact) mass is 508 g/mol. The fourth-order valence-electron chi connectivity index (χ4n) is 3.38. The third kappa shape index (κ3) is 4.73. The van der Waals surface area contributed by atoms with Crippen LogP contribution < -0.4 is 5.32 Å². The van der Waals surface area contributed by atoms with E-state index in [2.05, 4.69) is 10.3 Å². The van der Waals surface area contributed by atoms with Crippen molar-refractivity contribution in [3.05, 3.63) is 99.7 Å². The first kappa shape index (κ1) is 22.3. The van der Waals surface area contributed by atoms with Crippen LogP contribution in [0.15, 0.2) is 87.7 Å². The van der Waals surface area contributed by atoms with Crippen molar-refractivity contribution in [2.75, 3.05) is 5.32 Å². The number of rotatable bonds is 5. The van der Waals surface area contributed by atoms with Gasteiger partial charge in [-0.3, -0.25) is 4.79 Å². The molecule has 1 N–H and O–H groups in total. The molecule has 0 saturated heterocycles. The van der Waals surface area contributed by atoms with Crippen LogP contribution in [0.5, 0.6) is 0 Å². The van der Waals surface area contributed by atoms with Gasteiger partial charge in [-0.2, -0.15) is 0 Å². The topological polar surface area (TPSA) is 68.3 Å². The Hall–Kier alpha value is -3.51. The van der Waals surface area contributed by atoms with Crippen LogP contribution >= 0.6 is 34.8 Å². The van der Waals surface area contributed by atoms with Gasteiger partial charge in [0.2, 0.25) is 11.8 Å². The summed E-state index contributed by atoms with van der Waals surface area (Å²) in [7, 11) is 0. The lowest BCUT2D eigenvalue weighted by Crippen LogP contribution is -2.07. The Labute approximate surface area is 209 Å². The number of benzene rings is 3. The maximum Gasteiger partial charge on any atom is 0.248 e. The van der Waals surface area contributed by atoms with Crippen LogP contribution in [0.1, 0.15) is 5.76 Å². The molecule has 0 unspecified atom stereocenters. The van der Waals surface area contributed by atoms with Crippen LogP contribution in [0, 0.1) is 0 Å². The summed E-state index contributed by atoms with van der Waals surface area (Å²) in [6.45, 7) is 0. The predicted octanol–water partition coefficient (Wildman–Crippen LogP) is 8.37. The van der Waals surface area contributed by atoms with Gasteiger partial charge in [-0.25, -0.2) is 4.98 Å². The van der Waals surface area contributed by atoms with Gasteiger partial charge in [-0.1, -0.05) is 46.9 Å². The summed E-state index contributed by atoms with van der Waals surface area (Å²) in [4.78, 5) is 16.9. The third-order valence-corrected chi connectivity index (χ3v) is 6.02. The van der Waals surface area contributed by atoms with Crippen molar-refractivity contribution < 1.29 is 13.6 Å². The van der Waals surface area contributed by atoms with Crippen LogP contribution in [0.2, 0.25) is 15.1 Å². The molecule has 1 amide bonds. The molecule has 5 nitrogen and oxygen atoms in total. The number of nitrogens with zero attached hydrogens (tertiary/aromatic N) is 1. The molecule has 0 bridgehead atoms. The van der Waals surface area contributed by atoms with E-state index in [1.807, 2.05) is 18.2 Å². The van der Waals surface area contributed by atoms with Crippen LogP contribution in [-0.4, -0.2) is 10.9 Å². The number of aromatic nitrogens is 1. The molecule has 0 radical (unpaired) electrons. The van der Waals surface area contributed by atoms with E-state index in [4.69, 9.17) is 43.6 Å². The minimum atomic E-state index is -0.319. The highest BCUT2D eigenvalue weighted by atomic mass is 35.5. The zero-order chi connectivity index (χ0) is 23.7. The van der Waals surface area contributed by atoms with Crippen molar-refractivity contribution >= 4 is 63.6 Å². The molecule has 0 aliphatic carbocycles. The standard InChI is InChI=1S/C26H15Cl3N2O3/c27-16-7-10-23-21(14-16)31-26(34-23)15-3-1-4-17(13-15)30-24(32)12-9-18-8-11-22(33-18)19-5-2-6-20(28)25(19)29/h1-14H,(H,30,32). The number of carbonyl (C=O) groups is 1. The first-order valence-electron chi connectivity index (χ1n) is 10.2. The number of oxazole rings is 1. The fourth-order valence-corrected chi connectivity index (χ4v) is 3.94. The number of hydrogen-bond acceptors (Lipinski definition) is 4. The van der Waals surface area contributed by atoms with Gasteiger partial charge >= 0.3 is 0 Å². The molecule has 0 saturated carbocycles. The molecule has 0 atom stereocenters. The number of fused-ring (bicyclic) bond motifs is 1. The van der Waals surface area contributed by atoms with E-state index in [-0.39, 0.29) is 5.91 Å². The molecule has 0 aliphatic rings. The summed E-state index contributed by atoms with van der Waals surface area (Å²) in [6.07, 6.45) is 2.96. The van der Waals surface area contributed by atoms with E-state index in [0.29, 0.717) is 54.8 Å². The Balaban J connectivity index is 1.29. The van der Waals surface area contributed by atoms with E-state index in [9.17, 15) is 4.79 Å². The molecule has 5 aromatic rings. The summed E-state index contributed by atoms with van der Waals surface area (Å²) < 4.78 is 11.6. The van der Waals surface area contributed by atoms with E-state index < -0.39 is 0 Å². The van der Waals surface area contributed by atoms with Crippen LogP contribution in [-0.2, 0) is 4.79 Å². The van der Waals surface area contributed by atoms with Gasteiger partial charge in [0.05, 0.1) is 10.0 Å². The Bertz CT molecular complexity index is 1550. The molecule has 8 heteroatoms. The van der Waals surface area contributed by atoms with Gasteiger partial charge in [0, 0.05) is 27.9 Å². The van der Waals surface area contributed by atoms with Gasteiger partial charge in [0.25, 0.3) is 0 Å². The Morgan fingerprint density at radius 3 is 2.65 bits per heavy atom. The maximum atomic E-state index is 12.5. The lowest BCUT2D eigenvalue weighted by molar-refractivity contribution is -0.111. The van der Waals surface area contributed by atoms with Crippen molar-refractivity contribution in [2.45, 2.75) is 0 Å². The van der Waals surface area contributed by atoms with Crippen molar-refractivity contribution in [3.63, 3.8) is 0 Å². The second kappa shape index (κ2) is 9.39. The third-order valence-electron chi connectivity index (χ3n) is 4.97. The van der Waals surface area contributed by atoms with Crippen molar-refractivity contribution in [1.29, 1.82) is 0 Å². The molecule has 0 fully saturated rings. The summed E-state index contributed by atoms with van der Waals surface area (Å²) in [5.41, 5.74) is 3.29. The molecule has 168 valence electrons. The lowest BCUT2D eigenvalue weighted by atomic mass is 10.2. The van der Waals surface area contributed by atoms with Gasteiger partial charge in [0.15, 0.2) is 5.58 Å². The van der Waals surface area contributed by atoms with Crippen molar-refractivity contribution in [2.24, 2.45) is 0 Å². The lowest BCUT2D eigenvalue weighted by Gasteiger charge is -2.03. The molecular weight excluding hydrogens is 495 g/mol. The molecule has 0 spiro atoms. The number of anilines is 1. The first-order valence-corrected chi connectivity index (χ1v) is 11.3. The molecule has 2 heterocycles. The SMILES string of the molecule is O=C(C=Cc1ccc(-c2cccc(Cl)c2Cl)o1)Nc1cccc(-c2nc3cc(Cl)ccc3o2)c1. The van der Waals surface area contributed by atoms with Crippen molar-refractivity contribution in [1.82, 2.24) is 4.98 Å². The average molecular weight is 510 g/mol. The second-order valence-electron chi connectivity index (χ2n) is 7.34. The van der Waals surface area contributed by atoms with E-state index >= 15 is 0 Å². The summed E-state index contributed by atoms with van der Waals surface area (Å²) in [6, 6.07) is 21.3. The number of furan rings is 1. The minimum absolute atomic E-state index is 0.319. The zero-order valence-corrected chi connectivity index (χ0v) is 19.7. The molecular formula is C26H15Cl3N2O3. The number of halogens is 3. The zero-order valence-electron chi connectivity index (χ0n) is 17.4.